The maximum Gasteiger partial charge on any atom is 0.407 e. The van der Waals surface area contributed by atoms with Crippen molar-refractivity contribution in [3.8, 4) is 5.75 Å². The molecule has 0 radical (unpaired) electrons. The Morgan fingerprint density at radius 1 is 1.58 bits per heavy atom. The molecule has 5 nitrogen and oxygen atoms in total. The summed E-state index contributed by atoms with van der Waals surface area (Å²) in [4.78, 5) is 13.0. The van der Waals surface area contributed by atoms with E-state index in [0.29, 0.717) is 4.47 Å². The highest BCUT2D eigenvalue weighted by Crippen LogP contribution is 2.31. The van der Waals surface area contributed by atoms with Crippen LogP contribution < -0.4 is 0 Å². The Morgan fingerprint density at radius 3 is 2.67 bits per heavy atom. The fourth-order valence-corrected chi connectivity index (χ4v) is 1.17. The summed E-state index contributed by atoms with van der Waals surface area (Å²) in [6.07, 6.45) is 0. The zero-order chi connectivity index (χ0) is 9.30. The third-order valence-electron chi connectivity index (χ3n) is 1.07. The Labute approximate surface area is 83.8 Å². The quantitative estimate of drug-likeness (QED) is 0.490. The summed E-state index contributed by atoms with van der Waals surface area (Å²) in [6, 6.07) is 1.20. The number of hydrogen-bond donors (Lipinski definition) is 1. The van der Waals surface area contributed by atoms with Crippen LogP contribution in [0.15, 0.2) is 15.1 Å². The van der Waals surface area contributed by atoms with E-state index in [2.05, 4.69) is 36.8 Å². The van der Waals surface area contributed by atoms with Gasteiger partial charge in [-0.3, -0.25) is 0 Å². The molecule has 1 aromatic heterocycles. The summed E-state index contributed by atoms with van der Waals surface area (Å²) >= 11 is 6.01. The van der Waals surface area contributed by atoms with Crippen molar-refractivity contribution >= 4 is 37.7 Å². The molecule has 0 aromatic carbocycles. The van der Waals surface area contributed by atoms with Crippen molar-refractivity contribution in [3.05, 3.63) is 25.3 Å². The van der Waals surface area contributed by atoms with Crippen LogP contribution in [0.5, 0.6) is 5.75 Å². The molecule has 0 aliphatic heterocycles. The Kier molecular flexibility index (Phi) is 2.63. The van der Waals surface area contributed by atoms with Crippen molar-refractivity contribution in [2.24, 2.45) is 0 Å². The topological polar surface area (TPSA) is 76.3 Å². The van der Waals surface area contributed by atoms with E-state index >= 15 is 0 Å². The predicted octanol–water partition coefficient (Wildman–Crippen LogP) is 2.22. The van der Waals surface area contributed by atoms with Gasteiger partial charge in [-0.1, -0.05) is 0 Å². The van der Waals surface area contributed by atoms with Gasteiger partial charge >= 0.3 is 5.82 Å². The third-order valence-corrected chi connectivity index (χ3v) is 2.81. The van der Waals surface area contributed by atoms with Gasteiger partial charge in [0, 0.05) is 22.0 Å². The summed E-state index contributed by atoms with van der Waals surface area (Å²) in [5.74, 6) is -1.03. The van der Waals surface area contributed by atoms with Gasteiger partial charge in [-0.15, -0.1) is 0 Å². The van der Waals surface area contributed by atoms with Gasteiger partial charge in [0.25, 0.3) is 0 Å². The van der Waals surface area contributed by atoms with E-state index in [0.717, 1.165) is 0 Å². The van der Waals surface area contributed by atoms with Crippen LogP contribution in [0.3, 0.4) is 0 Å². The number of pyridine rings is 1. The fourth-order valence-electron chi connectivity index (χ4n) is 0.582. The number of hydrogen-bond acceptors (Lipinski definition) is 4. The van der Waals surface area contributed by atoms with Gasteiger partial charge in [-0.05, 0) is 25.8 Å². The van der Waals surface area contributed by atoms with Crippen LogP contribution in [0.1, 0.15) is 0 Å². The van der Waals surface area contributed by atoms with E-state index in [9.17, 15) is 10.1 Å². The summed E-state index contributed by atoms with van der Waals surface area (Å²) in [7, 11) is 0. The van der Waals surface area contributed by atoms with Crippen molar-refractivity contribution in [3.63, 3.8) is 0 Å². The molecule has 0 saturated carbocycles. The van der Waals surface area contributed by atoms with Crippen molar-refractivity contribution in [2.75, 3.05) is 0 Å². The Morgan fingerprint density at radius 2 is 2.17 bits per heavy atom. The van der Waals surface area contributed by atoms with E-state index in [1.807, 2.05) is 0 Å². The summed E-state index contributed by atoms with van der Waals surface area (Å²) in [5.41, 5.74) is 0. The van der Waals surface area contributed by atoms with Gasteiger partial charge in [-0.2, -0.15) is 0 Å². The number of nitro groups is 1. The molecule has 0 amide bonds. The van der Waals surface area contributed by atoms with Crippen LogP contribution >= 0.6 is 31.9 Å². The molecule has 0 fully saturated rings. The first-order valence-electron chi connectivity index (χ1n) is 2.71. The fraction of sp³-hybridized carbons (Fsp3) is 0. The van der Waals surface area contributed by atoms with Crippen LogP contribution in [0.4, 0.5) is 5.82 Å². The Bertz CT molecular complexity index is 342. The SMILES string of the molecule is O=[N+]([O-])c1nc(Br)c(Br)cc1O. The number of halogens is 2. The summed E-state index contributed by atoms with van der Waals surface area (Å²) in [6.45, 7) is 0. The largest absolute Gasteiger partial charge is 0.501 e. The molecule has 0 aliphatic rings. The zero-order valence-electron chi connectivity index (χ0n) is 5.49. The lowest BCUT2D eigenvalue weighted by atomic mass is 10.4. The zero-order valence-corrected chi connectivity index (χ0v) is 8.66. The number of aromatic nitrogens is 1. The molecular weight excluding hydrogens is 296 g/mol. The average molecular weight is 298 g/mol. The Hall–Kier alpha value is -0.690. The molecule has 0 saturated heterocycles. The van der Waals surface area contributed by atoms with E-state index in [4.69, 9.17) is 5.11 Å². The maximum atomic E-state index is 10.2. The minimum atomic E-state index is -0.757. The summed E-state index contributed by atoms with van der Waals surface area (Å²) in [5, 5.41) is 19.3. The van der Waals surface area contributed by atoms with Crippen LogP contribution in [0, 0.1) is 10.1 Å². The second-order valence-corrected chi connectivity index (χ2v) is 3.47. The molecule has 0 unspecified atom stereocenters. The van der Waals surface area contributed by atoms with Gasteiger partial charge in [-0.25, -0.2) is 0 Å². The first-order chi connectivity index (χ1) is 5.52. The highest BCUT2D eigenvalue weighted by Gasteiger charge is 2.18. The van der Waals surface area contributed by atoms with Crippen molar-refractivity contribution in [2.45, 2.75) is 0 Å². The maximum absolute atomic E-state index is 10.2. The molecule has 7 heteroatoms. The van der Waals surface area contributed by atoms with Crippen LogP contribution in [-0.2, 0) is 0 Å². The molecule has 64 valence electrons. The summed E-state index contributed by atoms with van der Waals surface area (Å²) < 4.78 is 0.748. The van der Waals surface area contributed by atoms with Crippen LogP contribution in [0.25, 0.3) is 0 Å². The van der Waals surface area contributed by atoms with Crippen molar-refractivity contribution < 1.29 is 10.0 Å². The van der Waals surface area contributed by atoms with Crippen LogP contribution in [-0.4, -0.2) is 15.0 Å². The monoisotopic (exact) mass is 296 g/mol. The van der Waals surface area contributed by atoms with Gasteiger partial charge < -0.3 is 15.2 Å². The first kappa shape index (κ1) is 9.40. The second kappa shape index (κ2) is 3.36. The van der Waals surface area contributed by atoms with E-state index in [-0.39, 0.29) is 4.60 Å². The lowest BCUT2D eigenvalue weighted by Gasteiger charge is -1.96. The van der Waals surface area contributed by atoms with Crippen LogP contribution in [0.2, 0.25) is 0 Å². The van der Waals surface area contributed by atoms with Gasteiger partial charge in [0.15, 0.2) is 0 Å². The van der Waals surface area contributed by atoms with E-state index < -0.39 is 16.5 Å². The lowest BCUT2D eigenvalue weighted by molar-refractivity contribution is -0.390. The highest BCUT2D eigenvalue weighted by atomic mass is 79.9. The number of rotatable bonds is 1. The molecule has 0 bridgehead atoms. The molecule has 0 spiro atoms. The molecule has 0 aliphatic carbocycles. The molecule has 1 heterocycles. The third kappa shape index (κ3) is 1.72. The molecule has 1 rings (SSSR count). The van der Waals surface area contributed by atoms with Crippen molar-refractivity contribution in [1.82, 2.24) is 4.98 Å². The van der Waals surface area contributed by atoms with Gasteiger partial charge in [0.2, 0.25) is 10.4 Å². The molecule has 1 N–H and O–H groups in total. The average Bonchev–Trinajstić information content (AvgIpc) is 1.96. The molecule has 1 aromatic rings. The normalized spacial score (nSPS) is 9.83. The molecule has 12 heavy (non-hydrogen) atoms. The standard InChI is InChI=1S/C5H2Br2N2O3/c6-2-1-3(10)5(9(11)12)8-4(2)7/h1,10H. The lowest BCUT2D eigenvalue weighted by Crippen LogP contribution is -1.93. The molecule has 0 atom stereocenters. The predicted molar refractivity (Wildman–Crippen MR) is 48.0 cm³/mol. The smallest absolute Gasteiger partial charge is 0.407 e. The number of aromatic hydroxyl groups is 1. The van der Waals surface area contributed by atoms with E-state index in [1.165, 1.54) is 6.07 Å². The van der Waals surface area contributed by atoms with E-state index in [1.54, 1.807) is 0 Å². The minimum Gasteiger partial charge on any atom is -0.501 e. The van der Waals surface area contributed by atoms with Crippen molar-refractivity contribution in [1.29, 1.82) is 0 Å². The first-order valence-corrected chi connectivity index (χ1v) is 4.30. The Balaban J connectivity index is 3.33. The molecular formula is C5H2Br2N2O3. The van der Waals surface area contributed by atoms with Gasteiger partial charge in [0.1, 0.15) is 0 Å². The minimum absolute atomic E-state index is 0.284. The number of nitrogens with zero attached hydrogens (tertiary/aromatic N) is 2. The van der Waals surface area contributed by atoms with Gasteiger partial charge in [0.05, 0.1) is 4.47 Å². The highest BCUT2D eigenvalue weighted by molar-refractivity contribution is 9.13. The second-order valence-electron chi connectivity index (χ2n) is 1.86.